The zero-order valence-corrected chi connectivity index (χ0v) is 8.08. The van der Waals surface area contributed by atoms with Gasteiger partial charge in [-0.15, -0.1) is 11.6 Å². The van der Waals surface area contributed by atoms with E-state index in [9.17, 15) is 14.4 Å². The summed E-state index contributed by atoms with van der Waals surface area (Å²) < 4.78 is 0. The van der Waals surface area contributed by atoms with Gasteiger partial charge >= 0.3 is 0 Å². The van der Waals surface area contributed by atoms with Gasteiger partial charge in [0.2, 0.25) is 17.7 Å². The average Bonchev–Trinajstić information content (AvgIpc) is 2.69. The summed E-state index contributed by atoms with van der Waals surface area (Å²) in [5.74, 6) is -1.60. The van der Waals surface area contributed by atoms with Crippen LogP contribution in [0, 0.1) is 11.8 Å². The predicted octanol–water partition coefficient (Wildman–Crippen LogP) is -1.04. The van der Waals surface area contributed by atoms with Crippen LogP contribution in [0.2, 0.25) is 0 Å². The molecule has 14 heavy (non-hydrogen) atoms. The first-order valence-corrected chi connectivity index (χ1v) is 4.85. The molecule has 2 aliphatic heterocycles. The molecule has 2 atom stereocenters. The zero-order chi connectivity index (χ0) is 10.3. The summed E-state index contributed by atoms with van der Waals surface area (Å²) in [6.45, 7) is 0.627. The van der Waals surface area contributed by atoms with Gasteiger partial charge in [0.1, 0.15) is 5.88 Å². The topological polar surface area (TPSA) is 66.5 Å². The van der Waals surface area contributed by atoms with Gasteiger partial charge in [0, 0.05) is 13.1 Å². The quantitative estimate of drug-likeness (QED) is 0.450. The maximum absolute atomic E-state index is 11.2. The van der Waals surface area contributed by atoms with Crippen LogP contribution < -0.4 is 5.32 Å². The Morgan fingerprint density at radius 1 is 1.36 bits per heavy atom. The standard InChI is InChI=1S/C8H9ClN2O3/c9-1-6(12)11-2-4-5(3-11)8(14)10-7(4)13/h4-5H,1-3H2,(H,10,13,14)/t4-,5-/m0/s1. The summed E-state index contributed by atoms with van der Waals surface area (Å²) in [6.07, 6.45) is 0. The molecule has 0 radical (unpaired) electrons. The Morgan fingerprint density at radius 3 is 2.29 bits per heavy atom. The third-order valence-corrected chi connectivity index (χ3v) is 2.94. The molecule has 2 aliphatic rings. The molecule has 6 heteroatoms. The van der Waals surface area contributed by atoms with Crippen molar-refractivity contribution in [1.29, 1.82) is 0 Å². The highest BCUT2D eigenvalue weighted by Crippen LogP contribution is 2.28. The summed E-state index contributed by atoms with van der Waals surface area (Å²) in [5, 5.41) is 2.25. The van der Waals surface area contributed by atoms with E-state index in [2.05, 4.69) is 5.32 Å². The number of halogens is 1. The second kappa shape index (κ2) is 3.24. The number of carbonyl (C=O) groups excluding carboxylic acids is 3. The van der Waals surface area contributed by atoms with Gasteiger partial charge in [-0.1, -0.05) is 0 Å². The molecule has 2 fully saturated rings. The maximum Gasteiger partial charge on any atom is 0.237 e. The number of amides is 3. The first-order valence-electron chi connectivity index (χ1n) is 4.32. The van der Waals surface area contributed by atoms with Gasteiger partial charge in [-0.05, 0) is 0 Å². The maximum atomic E-state index is 11.2. The number of rotatable bonds is 1. The first kappa shape index (κ1) is 9.45. The number of nitrogens with one attached hydrogen (secondary N) is 1. The van der Waals surface area contributed by atoms with Crippen LogP contribution in [0.1, 0.15) is 0 Å². The van der Waals surface area contributed by atoms with Crippen LogP contribution in [0.3, 0.4) is 0 Å². The molecule has 2 rings (SSSR count). The molecule has 5 nitrogen and oxygen atoms in total. The van der Waals surface area contributed by atoms with Crippen molar-refractivity contribution < 1.29 is 14.4 Å². The van der Waals surface area contributed by atoms with Crippen LogP contribution in [0.4, 0.5) is 0 Å². The number of carbonyl (C=O) groups is 3. The molecular weight excluding hydrogens is 208 g/mol. The Morgan fingerprint density at radius 2 is 1.86 bits per heavy atom. The van der Waals surface area contributed by atoms with Crippen LogP contribution in [-0.2, 0) is 14.4 Å². The molecule has 0 aromatic carbocycles. The third-order valence-electron chi connectivity index (χ3n) is 2.71. The van der Waals surface area contributed by atoms with E-state index in [1.807, 2.05) is 0 Å². The van der Waals surface area contributed by atoms with Crippen LogP contribution in [0.15, 0.2) is 0 Å². The molecule has 1 N–H and O–H groups in total. The van der Waals surface area contributed by atoms with Crippen LogP contribution >= 0.6 is 11.6 Å². The summed E-state index contributed by atoms with van der Waals surface area (Å²) in [4.78, 5) is 35.1. The highest BCUT2D eigenvalue weighted by molar-refractivity contribution is 6.27. The molecule has 2 saturated heterocycles. The minimum absolute atomic E-state index is 0.102. The van der Waals surface area contributed by atoms with Crippen molar-refractivity contribution in [2.75, 3.05) is 19.0 Å². The Balaban J connectivity index is 2.11. The lowest BCUT2D eigenvalue weighted by Gasteiger charge is -2.14. The summed E-state index contributed by atoms with van der Waals surface area (Å²) in [6, 6.07) is 0. The van der Waals surface area contributed by atoms with Gasteiger partial charge in [0.05, 0.1) is 11.8 Å². The lowest BCUT2D eigenvalue weighted by molar-refractivity contribution is -0.129. The Bertz CT molecular complexity index is 296. The predicted molar refractivity (Wildman–Crippen MR) is 47.4 cm³/mol. The van der Waals surface area contributed by atoms with Crippen molar-refractivity contribution in [3.05, 3.63) is 0 Å². The first-order chi connectivity index (χ1) is 6.63. The summed E-state index contributed by atoms with van der Waals surface area (Å²) in [7, 11) is 0. The second-order valence-corrected chi connectivity index (χ2v) is 3.77. The van der Waals surface area contributed by atoms with Gasteiger partial charge in [-0.2, -0.15) is 0 Å². The lowest BCUT2D eigenvalue weighted by atomic mass is 10.00. The van der Waals surface area contributed by atoms with Crippen molar-refractivity contribution in [3.63, 3.8) is 0 Å². The van der Waals surface area contributed by atoms with Crippen molar-refractivity contribution in [1.82, 2.24) is 10.2 Å². The number of hydrogen-bond donors (Lipinski definition) is 1. The SMILES string of the molecule is O=C1NC(=O)[C@H]2CN(C(=O)CCl)C[C@H]12. The van der Waals surface area contributed by atoms with Gasteiger partial charge in [0.15, 0.2) is 0 Å². The normalized spacial score (nSPS) is 30.5. The van der Waals surface area contributed by atoms with Gasteiger partial charge < -0.3 is 4.90 Å². The fourth-order valence-corrected chi connectivity index (χ4v) is 2.10. The highest BCUT2D eigenvalue weighted by atomic mass is 35.5. The van der Waals surface area contributed by atoms with Crippen molar-refractivity contribution in [3.8, 4) is 0 Å². The van der Waals surface area contributed by atoms with Crippen LogP contribution in [0.25, 0.3) is 0 Å². The van der Waals surface area contributed by atoms with Crippen LogP contribution in [0.5, 0.6) is 0 Å². The molecule has 76 valence electrons. The van der Waals surface area contributed by atoms with Gasteiger partial charge in [-0.3, -0.25) is 19.7 Å². The minimum Gasteiger partial charge on any atom is -0.340 e. The fraction of sp³-hybridized carbons (Fsp3) is 0.625. The van der Waals surface area contributed by atoms with E-state index in [1.165, 1.54) is 4.90 Å². The summed E-state index contributed by atoms with van der Waals surface area (Å²) in [5.41, 5.74) is 0. The molecular formula is C8H9ClN2O3. The molecule has 0 aromatic rings. The van der Waals surface area contributed by atoms with Crippen molar-refractivity contribution in [2.24, 2.45) is 11.8 Å². The Hall–Kier alpha value is -1.10. The van der Waals surface area contributed by atoms with Gasteiger partial charge in [0.25, 0.3) is 0 Å². The average molecular weight is 217 g/mol. The molecule has 3 amide bonds. The second-order valence-electron chi connectivity index (χ2n) is 3.50. The molecule has 0 saturated carbocycles. The van der Waals surface area contributed by atoms with E-state index in [0.29, 0.717) is 13.1 Å². The van der Waals surface area contributed by atoms with Crippen LogP contribution in [-0.4, -0.2) is 41.6 Å². The van der Waals surface area contributed by atoms with Crippen molar-refractivity contribution in [2.45, 2.75) is 0 Å². The number of likely N-dealkylation sites (tertiary alicyclic amines) is 1. The molecule has 0 bridgehead atoms. The Kier molecular flexibility index (Phi) is 2.19. The summed E-state index contributed by atoms with van der Waals surface area (Å²) >= 11 is 5.38. The molecule has 0 aliphatic carbocycles. The highest BCUT2D eigenvalue weighted by Gasteiger charge is 2.48. The van der Waals surface area contributed by atoms with Gasteiger partial charge in [-0.25, -0.2) is 0 Å². The number of alkyl halides is 1. The minimum atomic E-state index is -0.366. The molecule has 0 aromatic heterocycles. The molecule has 0 spiro atoms. The molecule has 2 heterocycles. The van der Waals surface area contributed by atoms with E-state index in [4.69, 9.17) is 11.6 Å². The zero-order valence-electron chi connectivity index (χ0n) is 7.33. The molecule has 0 unspecified atom stereocenters. The monoisotopic (exact) mass is 216 g/mol. The number of imide groups is 1. The lowest BCUT2D eigenvalue weighted by Crippen LogP contribution is -2.35. The van der Waals surface area contributed by atoms with E-state index in [1.54, 1.807) is 0 Å². The van der Waals surface area contributed by atoms with E-state index in [-0.39, 0.29) is 35.4 Å². The van der Waals surface area contributed by atoms with E-state index >= 15 is 0 Å². The van der Waals surface area contributed by atoms with Crippen molar-refractivity contribution >= 4 is 29.3 Å². The number of hydrogen-bond acceptors (Lipinski definition) is 3. The third kappa shape index (κ3) is 1.28. The van der Waals surface area contributed by atoms with E-state index in [0.717, 1.165) is 0 Å². The van der Waals surface area contributed by atoms with E-state index < -0.39 is 0 Å². The number of fused-ring (bicyclic) bond motifs is 1. The largest absolute Gasteiger partial charge is 0.340 e. The number of nitrogens with zero attached hydrogens (tertiary/aromatic N) is 1. The Labute approximate surface area is 85.4 Å². The fourth-order valence-electron chi connectivity index (χ4n) is 1.93. The smallest absolute Gasteiger partial charge is 0.237 e.